The van der Waals surface area contributed by atoms with Gasteiger partial charge in [0.2, 0.25) is 0 Å². The second kappa shape index (κ2) is 8.77. The summed E-state index contributed by atoms with van der Waals surface area (Å²) in [6, 6.07) is 15.7. The number of likely N-dealkylation sites (N-methyl/N-ethyl adjacent to an activating group) is 1. The van der Waals surface area contributed by atoms with Crippen LogP contribution in [0.4, 0.5) is 11.4 Å². The van der Waals surface area contributed by atoms with Gasteiger partial charge in [-0.1, -0.05) is 12.1 Å². The lowest BCUT2D eigenvalue weighted by Gasteiger charge is -2.28. The fraction of sp³-hybridized carbons (Fsp3) is 0.333. The van der Waals surface area contributed by atoms with Crippen LogP contribution in [0.5, 0.6) is 0 Å². The molecule has 2 heterocycles. The maximum atomic E-state index is 12.5. The number of para-hydroxylation sites is 2. The number of ether oxygens (including phenoxy) is 1. The summed E-state index contributed by atoms with van der Waals surface area (Å²) in [4.78, 5) is 16.2. The average molecular weight is 414 g/mol. The molecule has 1 aliphatic rings. The highest BCUT2D eigenvalue weighted by atomic mass is 32.1. The second-order valence-corrected chi connectivity index (χ2v) is 7.60. The van der Waals surface area contributed by atoms with E-state index in [2.05, 4.69) is 10.2 Å². The number of fused-ring (bicyclic) bond motifs is 1. The van der Waals surface area contributed by atoms with Gasteiger partial charge in [-0.15, -0.1) is 0 Å². The van der Waals surface area contributed by atoms with Gasteiger partial charge in [0, 0.05) is 24.5 Å². The highest BCUT2D eigenvalue weighted by Gasteiger charge is 2.15. The Balaban J connectivity index is 1.34. The van der Waals surface area contributed by atoms with Crippen LogP contribution in [0.3, 0.4) is 0 Å². The molecule has 1 amide bonds. The number of rotatable bonds is 6. The van der Waals surface area contributed by atoms with Crippen LogP contribution in [0.2, 0.25) is 0 Å². The molecule has 4 rings (SSSR count). The van der Waals surface area contributed by atoms with Crippen molar-refractivity contribution in [1.29, 1.82) is 0 Å². The van der Waals surface area contributed by atoms with Crippen molar-refractivity contribution in [1.82, 2.24) is 4.57 Å². The van der Waals surface area contributed by atoms with E-state index in [0.29, 0.717) is 18.1 Å². The number of hydrogen-bond acceptors (Lipinski definition) is 5. The van der Waals surface area contributed by atoms with Gasteiger partial charge in [0.15, 0.2) is 18.8 Å². The third-order valence-electron chi connectivity index (χ3n) is 4.99. The van der Waals surface area contributed by atoms with E-state index in [4.69, 9.17) is 21.4 Å². The Morgan fingerprint density at radius 3 is 2.62 bits per heavy atom. The number of quaternary nitrogens is 1. The smallest absolute Gasteiger partial charge is 0.279 e. The summed E-state index contributed by atoms with van der Waals surface area (Å²) in [7, 11) is 1.96. The summed E-state index contributed by atoms with van der Waals surface area (Å²) in [5, 5.41) is 2.97. The number of carbonyl (C=O) groups excluding carboxylic acids is 1. The zero-order valence-electron chi connectivity index (χ0n) is 16.4. The Morgan fingerprint density at radius 1 is 1.14 bits per heavy atom. The number of benzene rings is 2. The Morgan fingerprint density at radius 2 is 1.86 bits per heavy atom. The third kappa shape index (κ3) is 4.67. The maximum Gasteiger partial charge on any atom is 0.279 e. The molecule has 1 aliphatic heterocycles. The van der Waals surface area contributed by atoms with E-state index in [-0.39, 0.29) is 5.91 Å². The van der Waals surface area contributed by atoms with E-state index >= 15 is 0 Å². The van der Waals surface area contributed by atoms with Crippen LogP contribution in [-0.4, -0.2) is 50.4 Å². The molecule has 2 N–H and O–H groups in total. The van der Waals surface area contributed by atoms with Gasteiger partial charge < -0.3 is 24.3 Å². The number of oxazole rings is 1. The van der Waals surface area contributed by atoms with Crippen molar-refractivity contribution in [3.05, 3.63) is 53.4 Å². The minimum atomic E-state index is -0.0408. The lowest BCUT2D eigenvalue weighted by Crippen LogP contribution is -3.09. The molecular formula is C21H25N4O3S+. The van der Waals surface area contributed by atoms with Crippen LogP contribution in [0.25, 0.3) is 11.1 Å². The van der Waals surface area contributed by atoms with Gasteiger partial charge in [-0.25, -0.2) is 0 Å². The van der Waals surface area contributed by atoms with Gasteiger partial charge in [-0.2, -0.15) is 0 Å². The minimum absolute atomic E-state index is 0.0408. The number of aromatic nitrogens is 1. The van der Waals surface area contributed by atoms with E-state index < -0.39 is 0 Å². The Labute approximate surface area is 174 Å². The topological polar surface area (TPSA) is 64.1 Å². The number of morpholine rings is 1. The van der Waals surface area contributed by atoms with Crippen molar-refractivity contribution in [3.8, 4) is 0 Å². The van der Waals surface area contributed by atoms with Gasteiger partial charge in [-0.05, 0) is 48.6 Å². The Kier molecular flexibility index (Phi) is 5.94. The first kappa shape index (κ1) is 19.6. The molecule has 152 valence electrons. The van der Waals surface area contributed by atoms with Crippen LogP contribution in [0.15, 0.2) is 52.9 Å². The first-order valence-electron chi connectivity index (χ1n) is 9.72. The highest BCUT2D eigenvalue weighted by Crippen LogP contribution is 2.19. The molecule has 29 heavy (non-hydrogen) atoms. The van der Waals surface area contributed by atoms with Crippen molar-refractivity contribution in [2.45, 2.75) is 6.67 Å². The first-order chi connectivity index (χ1) is 14.1. The quantitative estimate of drug-likeness (QED) is 0.605. The number of carbonyl (C=O) groups is 1. The molecule has 1 atom stereocenters. The van der Waals surface area contributed by atoms with Crippen LogP contribution < -0.4 is 15.1 Å². The fourth-order valence-electron chi connectivity index (χ4n) is 3.55. The molecule has 0 saturated carbocycles. The number of nitrogens with zero attached hydrogens (tertiary/aromatic N) is 2. The molecule has 0 aliphatic carbocycles. The molecular weight excluding hydrogens is 388 g/mol. The zero-order chi connectivity index (χ0) is 20.2. The zero-order valence-corrected chi connectivity index (χ0v) is 17.2. The standard InChI is InChI=1S/C21H24N4O3S/c1-23(15-25-18-4-2-3-5-19(18)28-21(25)29)14-20(26)22-16-6-8-17(9-7-16)24-10-12-27-13-11-24/h2-9H,10-15H2,1H3,(H,22,26)/p+1. The maximum absolute atomic E-state index is 12.5. The minimum Gasteiger partial charge on any atom is -0.429 e. The van der Waals surface area contributed by atoms with Crippen LogP contribution >= 0.6 is 12.2 Å². The summed E-state index contributed by atoms with van der Waals surface area (Å²) in [6.07, 6.45) is 0. The highest BCUT2D eigenvalue weighted by molar-refractivity contribution is 7.71. The summed E-state index contributed by atoms with van der Waals surface area (Å²) in [5.41, 5.74) is 3.64. The van der Waals surface area contributed by atoms with E-state index in [1.54, 1.807) is 0 Å². The lowest BCUT2D eigenvalue weighted by molar-refractivity contribution is -0.894. The summed E-state index contributed by atoms with van der Waals surface area (Å²) in [6.45, 7) is 4.18. The van der Waals surface area contributed by atoms with Crippen molar-refractivity contribution in [3.63, 3.8) is 0 Å². The number of anilines is 2. The molecule has 0 radical (unpaired) electrons. The molecule has 0 bridgehead atoms. The largest absolute Gasteiger partial charge is 0.429 e. The monoisotopic (exact) mass is 413 g/mol. The van der Waals surface area contributed by atoms with Crippen LogP contribution in [0.1, 0.15) is 0 Å². The van der Waals surface area contributed by atoms with Crippen molar-refractivity contribution < 1.29 is 18.8 Å². The second-order valence-electron chi connectivity index (χ2n) is 7.25. The molecule has 3 aromatic rings. The predicted octanol–water partition coefficient (Wildman–Crippen LogP) is 1.91. The van der Waals surface area contributed by atoms with Crippen LogP contribution in [0, 0.1) is 4.84 Å². The van der Waals surface area contributed by atoms with E-state index in [9.17, 15) is 4.79 Å². The molecule has 2 aromatic carbocycles. The fourth-order valence-corrected chi connectivity index (χ4v) is 3.80. The summed E-state index contributed by atoms with van der Waals surface area (Å²) >= 11 is 5.33. The summed E-state index contributed by atoms with van der Waals surface area (Å²) < 4.78 is 12.9. The van der Waals surface area contributed by atoms with E-state index in [0.717, 1.165) is 53.7 Å². The molecule has 1 aromatic heterocycles. The van der Waals surface area contributed by atoms with Gasteiger partial charge in [0.25, 0.3) is 10.7 Å². The summed E-state index contributed by atoms with van der Waals surface area (Å²) in [5.74, 6) is -0.0408. The molecule has 8 heteroatoms. The van der Waals surface area contributed by atoms with Gasteiger partial charge >= 0.3 is 0 Å². The lowest BCUT2D eigenvalue weighted by atomic mass is 10.2. The van der Waals surface area contributed by atoms with E-state index in [1.165, 1.54) is 0 Å². The Hall–Kier alpha value is -2.68. The molecule has 1 saturated heterocycles. The van der Waals surface area contributed by atoms with Crippen molar-refractivity contribution in [2.75, 3.05) is 50.1 Å². The SMILES string of the molecule is C[NH+](CC(=O)Nc1ccc(N2CCOCC2)cc1)Cn1c(=S)oc2ccccc21. The van der Waals surface area contributed by atoms with Gasteiger partial charge in [0.1, 0.15) is 0 Å². The third-order valence-corrected chi connectivity index (χ3v) is 5.30. The predicted molar refractivity (Wildman–Crippen MR) is 115 cm³/mol. The normalized spacial score (nSPS) is 15.4. The molecule has 7 nitrogen and oxygen atoms in total. The Bertz CT molecular complexity index is 1040. The van der Waals surface area contributed by atoms with Crippen molar-refractivity contribution in [2.24, 2.45) is 0 Å². The van der Waals surface area contributed by atoms with Gasteiger partial charge in [0.05, 0.1) is 25.8 Å². The first-order valence-corrected chi connectivity index (χ1v) is 10.1. The number of hydrogen-bond donors (Lipinski definition) is 2. The van der Waals surface area contributed by atoms with Gasteiger partial charge in [-0.3, -0.25) is 9.36 Å². The molecule has 0 spiro atoms. The van der Waals surface area contributed by atoms with Crippen molar-refractivity contribution >= 4 is 40.6 Å². The average Bonchev–Trinajstić information content (AvgIpc) is 3.04. The molecule has 1 unspecified atom stereocenters. The number of amides is 1. The van der Waals surface area contributed by atoms with Crippen LogP contribution in [-0.2, 0) is 16.2 Å². The van der Waals surface area contributed by atoms with E-state index in [1.807, 2.05) is 60.1 Å². The molecule has 1 fully saturated rings. The number of nitrogens with one attached hydrogen (secondary N) is 2.